The third kappa shape index (κ3) is 5.50. The van der Waals surface area contributed by atoms with E-state index in [0.29, 0.717) is 23.7 Å². The fourth-order valence-corrected chi connectivity index (χ4v) is 9.92. The zero-order valence-corrected chi connectivity index (χ0v) is 26.0. The number of non-ortho nitro benzene ring substituents is 1. The van der Waals surface area contributed by atoms with Gasteiger partial charge >= 0.3 is 5.97 Å². The number of carbonyl (C=O) groups excluding carboxylic acids is 1. The predicted molar refractivity (Wildman–Crippen MR) is 162 cm³/mol. The van der Waals surface area contributed by atoms with Gasteiger partial charge in [0.15, 0.2) is 0 Å². The largest absolute Gasteiger partial charge is 0.458 e. The van der Waals surface area contributed by atoms with Crippen LogP contribution < -0.4 is 0 Å². The van der Waals surface area contributed by atoms with E-state index >= 15 is 0 Å². The molecule has 0 N–H and O–H groups in total. The van der Waals surface area contributed by atoms with Crippen LogP contribution in [0.4, 0.5) is 11.4 Å². The molecule has 0 radical (unpaired) electrons. The Balaban J connectivity index is 1.27. The number of ether oxygens (including phenoxy) is 1. The summed E-state index contributed by atoms with van der Waals surface area (Å²) in [6, 6.07) is 3.08. The van der Waals surface area contributed by atoms with Gasteiger partial charge in [-0.25, -0.2) is 4.79 Å². The average Bonchev–Trinajstić information content (AvgIpc) is 3.29. The van der Waals surface area contributed by atoms with Gasteiger partial charge in [-0.2, -0.15) is 0 Å². The topological polar surface area (TPSA) is 113 Å². The highest BCUT2D eigenvalue weighted by Crippen LogP contribution is 2.67. The Kier molecular flexibility index (Phi) is 8.56. The molecule has 8 atom stereocenters. The van der Waals surface area contributed by atoms with E-state index in [0.717, 1.165) is 61.1 Å². The summed E-state index contributed by atoms with van der Waals surface area (Å²) in [6.45, 7) is 12.2. The number of rotatable bonds is 9. The van der Waals surface area contributed by atoms with Crippen molar-refractivity contribution in [2.24, 2.45) is 46.3 Å². The number of carbonyl (C=O) groups is 1. The van der Waals surface area contributed by atoms with Crippen LogP contribution in [0.5, 0.6) is 0 Å². The number of allylic oxidation sites excluding steroid dienone is 1. The third-order valence-corrected chi connectivity index (χ3v) is 12.1. The minimum absolute atomic E-state index is 0.105. The van der Waals surface area contributed by atoms with Crippen molar-refractivity contribution < 1.29 is 19.4 Å². The predicted octanol–water partition coefficient (Wildman–Crippen LogP) is 9.07. The van der Waals surface area contributed by atoms with Crippen LogP contribution >= 0.6 is 0 Å². The Labute approximate surface area is 250 Å². The van der Waals surface area contributed by atoms with Gasteiger partial charge in [-0.15, -0.1) is 0 Å². The normalized spacial score (nSPS) is 34.5. The molecule has 0 heterocycles. The van der Waals surface area contributed by atoms with Gasteiger partial charge in [-0.3, -0.25) is 20.2 Å². The molecule has 1 aromatic rings. The molecule has 3 fully saturated rings. The van der Waals surface area contributed by atoms with Gasteiger partial charge in [0.1, 0.15) is 11.7 Å². The molecule has 0 aliphatic heterocycles. The maximum absolute atomic E-state index is 13.0. The molecule has 8 nitrogen and oxygen atoms in total. The van der Waals surface area contributed by atoms with Crippen LogP contribution in [-0.2, 0) is 4.74 Å². The molecule has 5 rings (SSSR count). The summed E-state index contributed by atoms with van der Waals surface area (Å²) in [4.78, 5) is 34.2. The van der Waals surface area contributed by atoms with Crippen molar-refractivity contribution in [3.05, 3.63) is 55.6 Å². The molecule has 0 bridgehead atoms. The van der Waals surface area contributed by atoms with Gasteiger partial charge in [-0.1, -0.05) is 65.5 Å². The van der Waals surface area contributed by atoms with E-state index < -0.39 is 27.2 Å². The van der Waals surface area contributed by atoms with Crippen molar-refractivity contribution in [1.29, 1.82) is 0 Å². The Morgan fingerprint density at radius 2 is 1.76 bits per heavy atom. The van der Waals surface area contributed by atoms with E-state index in [1.165, 1.54) is 50.5 Å². The first kappa shape index (κ1) is 30.7. The summed E-state index contributed by atoms with van der Waals surface area (Å²) in [5, 5.41) is 22.6. The van der Waals surface area contributed by atoms with Crippen molar-refractivity contribution in [2.75, 3.05) is 0 Å². The van der Waals surface area contributed by atoms with Crippen LogP contribution in [0.3, 0.4) is 0 Å². The molecule has 3 saturated carbocycles. The molecule has 8 heteroatoms. The number of nitro groups is 2. The lowest BCUT2D eigenvalue weighted by Crippen LogP contribution is -2.51. The Hall–Kier alpha value is -2.77. The number of hydrogen-bond acceptors (Lipinski definition) is 6. The van der Waals surface area contributed by atoms with Crippen molar-refractivity contribution in [1.82, 2.24) is 0 Å². The van der Waals surface area contributed by atoms with Crippen molar-refractivity contribution in [3.8, 4) is 0 Å². The first-order valence-electron chi connectivity index (χ1n) is 16.2. The lowest BCUT2D eigenvalue weighted by atomic mass is 9.47. The van der Waals surface area contributed by atoms with Crippen molar-refractivity contribution in [3.63, 3.8) is 0 Å². The van der Waals surface area contributed by atoms with Crippen molar-refractivity contribution in [2.45, 2.75) is 111 Å². The molecule has 0 saturated heterocycles. The van der Waals surface area contributed by atoms with E-state index in [9.17, 15) is 25.0 Å². The Morgan fingerprint density at radius 1 is 1.00 bits per heavy atom. The smallest absolute Gasteiger partial charge is 0.345 e. The molecule has 1 aromatic carbocycles. The maximum Gasteiger partial charge on any atom is 0.345 e. The zero-order chi connectivity index (χ0) is 30.4. The fraction of sp³-hybridized carbons (Fsp3) is 0.735. The van der Waals surface area contributed by atoms with Crippen LogP contribution in [0.1, 0.15) is 116 Å². The van der Waals surface area contributed by atoms with E-state index in [2.05, 4.69) is 40.7 Å². The summed E-state index contributed by atoms with van der Waals surface area (Å²) in [7, 11) is 0. The Morgan fingerprint density at radius 3 is 2.45 bits per heavy atom. The van der Waals surface area contributed by atoms with Crippen LogP contribution in [0.2, 0.25) is 0 Å². The van der Waals surface area contributed by atoms with Crippen LogP contribution in [0.15, 0.2) is 29.8 Å². The molecule has 0 spiro atoms. The highest BCUT2D eigenvalue weighted by Gasteiger charge is 2.59. The molecular weight excluding hydrogens is 532 g/mol. The van der Waals surface area contributed by atoms with Crippen LogP contribution in [0, 0.1) is 66.6 Å². The number of fused-ring (bicyclic) bond motifs is 5. The molecule has 4 aliphatic rings. The molecule has 0 aromatic heterocycles. The minimum atomic E-state index is -0.785. The standard InChI is InChI=1S/C34H48N2O6/c1-21(2)7-6-8-22(3)28-13-14-29-26-11-9-23-19-25(15-17-33(23,4)30(26)16-18-34(28,29)5)42-32(37)27-12-10-24(35(38)39)20-31(27)36(40)41/h9-10,12,20-22,25-26,28-30H,6-8,11,13-19H2,1-5H3/t22-,25+,26+,28-,29+,30+,33+,34-/m1/s1. The summed E-state index contributed by atoms with van der Waals surface area (Å²) < 4.78 is 5.82. The fourth-order valence-electron chi connectivity index (χ4n) is 9.92. The summed E-state index contributed by atoms with van der Waals surface area (Å²) in [5.74, 6) is 3.76. The zero-order valence-electron chi connectivity index (χ0n) is 26.0. The highest BCUT2D eigenvalue weighted by molar-refractivity contribution is 5.94. The minimum Gasteiger partial charge on any atom is -0.458 e. The summed E-state index contributed by atoms with van der Waals surface area (Å²) in [6.07, 6.45) is 14.8. The van der Waals surface area contributed by atoms with Crippen LogP contribution in [-0.4, -0.2) is 21.9 Å². The number of nitro benzene ring substituents is 2. The molecule has 0 amide bonds. The van der Waals surface area contributed by atoms with Gasteiger partial charge in [-0.05, 0) is 97.3 Å². The summed E-state index contributed by atoms with van der Waals surface area (Å²) in [5.41, 5.74) is 0.665. The number of hydrogen-bond donors (Lipinski definition) is 0. The van der Waals surface area contributed by atoms with Crippen molar-refractivity contribution >= 4 is 17.3 Å². The van der Waals surface area contributed by atoms with Gasteiger partial charge in [0.2, 0.25) is 0 Å². The second-order valence-corrected chi connectivity index (χ2v) is 14.8. The first-order chi connectivity index (χ1) is 19.8. The van der Waals surface area contributed by atoms with E-state index in [4.69, 9.17) is 4.74 Å². The lowest BCUT2D eigenvalue weighted by molar-refractivity contribution is -0.394. The van der Waals surface area contributed by atoms with E-state index in [1.54, 1.807) is 0 Å². The monoisotopic (exact) mass is 580 g/mol. The third-order valence-electron chi connectivity index (χ3n) is 12.1. The number of esters is 1. The quantitative estimate of drug-likeness (QED) is 0.125. The second-order valence-electron chi connectivity index (χ2n) is 14.8. The molecule has 42 heavy (non-hydrogen) atoms. The van der Waals surface area contributed by atoms with Gasteiger partial charge < -0.3 is 4.74 Å². The second kappa shape index (κ2) is 11.7. The SMILES string of the molecule is CC(C)CCC[C@@H](C)[C@H]1CC[C@H]2[C@@H]3CC=C4C[C@@H](OC(=O)c5ccc([N+](=O)[O-])cc5[N+](=O)[O-])CC[C@]4(C)[C@H]3CC[C@]12C. The highest BCUT2D eigenvalue weighted by atomic mass is 16.6. The van der Waals surface area contributed by atoms with Gasteiger partial charge in [0, 0.05) is 12.5 Å². The first-order valence-corrected chi connectivity index (χ1v) is 16.2. The number of benzene rings is 1. The van der Waals surface area contributed by atoms with E-state index in [1.807, 2.05) is 0 Å². The molecule has 4 aliphatic carbocycles. The molecular formula is C34H48N2O6. The lowest BCUT2D eigenvalue weighted by Gasteiger charge is -2.58. The van der Waals surface area contributed by atoms with Crippen LogP contribution in [0.25, 0.3) is 0 Å². The molecule has 230 valence electrons. The maximum atomic E-state index is 13.0. The Bertz CT molecular complexity index is 1260. The molecule has 0 unspecified atom stereocenters. The van der Waals surface area contributed by atoms with Gasteiger partial charge in [0.05, 0.1) is 15.9 Å². The number of nitrogens with zero attached hydrogens (tertiary/aromatic N) is 2. The van der Waals surface area contributed by atoms with Gasteiger partial charge in [0.25, 0.3) is 11.4 Å². The average molecular weight is 581 g/mol. The summed E-state index contributed by atoms with van der Waals surface area (Å²) >= 11 is 0. The van der Waals surface area contributed by atoms with E-state index in [-0.39, 0.29) is 17.1 Å².